The fourth-order valence-corrected chi connectivity index (χ4v) is 2.97. The van der Waals surface area contributed by atoms with Crippen LogP contribution in [0.1, 0.15) is 30.6 Å². The lowest BCUT2D eigenvalue weighted by atomic mass is 10.0. The molecule has 1 saturated heterocycles. The standard InChI is InChI=1S/C15H20N4/c1-12-6-15(13-4-3-5-16-7-13)19(9-12)10-14-8-17-11-18(14)2/h3-5,7-8,11-12,15H,6,9-10H2,1-2H3/t12-,15-/m1/s1. The molecule has 1 fully saturated rings. The second-order valence-corrected chi connectivity index (χ2v) is 5.57. The third kappa shape index (κ3) is 2.54. The van der Waals surface area contributed by atoms with Crippen LogP contribution in [0.2, 0.25) is 0 Å². The van der Waals surface area contributed by atoms with Gasteiger partial charge in [0.1, 0.15) is 0 Å². The van der Waals surface area contributed by atoms with E-state index in [4.69, 9.17) is 0 Å². The lowest BCUT2D eigenvalue weighted by Gasteiger charge is -2.24. The van der Waals surface area contributed by atoms with Gasteiger partial charge in [-0.15, -0.1) is 0 Å². The Morgan fingerprint density at radius 1 is 1.32 bits per heavy atom. The van der Waals surface area contributed by atoms with Gasteiger partial charge in [0.05, 0.1) is 12.0 Å². The molecule has 0 spiro atoms. The number of imidazole rings is 1. The number of nitrogens with zero attached hydrogens (tertiary/aromatic N) is 4. The van der Waals surface area contributed by atoms with Crippen LogP contribution in [-0.4, -0.2) is 26.0 Å². The van der Waals surface area contributed by atoms with Gasteiger partial charge >= 0.3 is 0 Å². The fourth-order valence-electron chi connectivity index (χ4n) is 2.97. The number of likely N-dealkylation sites (tertiary alicyclic amines) is 1. The van der Waals surface area contributed by atoms with E-state index >= 15 is 0 Å². The maximum atomic E-state index is 4.26. The molecule has 0 saturated carbocycles. The van der Waals surface area contributed by atoms with Crippen molar-refractivity contribution in [2.75, 3.05) is 6.54 Å². The third-order valence-corrected chi connectivity index (χ3v) is 3.96. The topological polar surface area (TPSA) is 34.0 Å². The minimum absolute atomic E-state index is 0.485. The first-order chi connectivity index (χ1) is 9.24. The Morgan fingerprint density at radius 3 is 2.89 bits per heavy atom. The fraction of sp³-hybridized carbons (Fsp3) is 0.467. The van der Waals surface area contributed by atoms with E-state index in [0.29, 0.717) is 6.04 Å². The summed E-state index contributed by atoms with van der Waals surface area (Å²) in [6.45, 7) is 4.43. The summed E-state index contributed by atoms with van der Waals surface area (Å²) < 4.78 is 2.10. The van der Waals surface area contributed by atoms with Crippen molar-refractivity contribution in [3.63, 3.8) is 0 Å². The van der Waals surface area contributed by atoms with Crippen LogP contribution in [0, 0.1) is 5.92 Å². The average Bonchev–Trinajstić information content (AvgIpc) is 2.98. The van der Waals surface area contributed by atoms with Crippen LogP contribution >= 0.6 is 0 Å². The summed E-state index contributed by atoms with van der Waals surface area (Å²) in [5.74, 6) is 0.735. The van der Waals surface area contributed by atoms with Crippen LogP contribution in [0.4, 0.5) is 0 Å². The molecule has 2 atom stereocenters. The van der Waals surface area contributed by atoms with Crippen LogP contribution in [0.25, 0.3) is 0 Å². The highest BCUT2D eigenvalue weighted by atomic mass is 15.2. The van der Waals surface area contributed by atoms with Gasteiger partial charge in [-0.2, -0.15) is 0 Å². The quantitative estimate of drug-likeness (QED) is 0.845. The van der Waals surface area contributed by atoms with E-state index in [2.05, 4.69) is 39.5 Å². The van der Waals surface area contributed by atoms with Crippen LogP contribution in [0.15, 0.2) is 37.1 Å². The zero-order valence-electron chi connectivity index (χ0n) is 11.5. The van der Waals surface area contributed by atoms with Crippen molar-refractivity contribution in [2.45, 2.75) is 25.9 Å². The van der Waals surface area contributed by atoms with Gasteiger partial charge in [0.2, 0.25) is 0 Å². The lowest BCUT2D eigenvalue weighted by Crippen LogP contribution is -2.24. The van der Waals surface area contributed by atoms with Gasteiger partial charge in [-0.1, -0.05) is 13.0 Å². The second-order valence-electron chi connectivity index (χ2n) is 5.57. The Bertz CT molecular complexity index is 534. The Kier molecular flexibility index (Phi) is 3.34. The Hall–Kier alpha value is -1.68. The molecule has 4 nitrogen and oxygen atoms in total. The summed E-state index contributed by atoms with van der Waals surface area (Å²) in [6.07, 6.45) is 8.88. The van der Waals surface area contributed by atoms with Gasteiger partial charge in [0.25, 0.3) is 0 Å². The highest BCUT2D eigenvalue weighted by molar-refractivity contribution is 5.16. The molecule has 19 heavy (non-hydrogen) atoms. The summed E-state index contributed by atoms with van der Waals surface area (Å²) in [5, 5.41) is 0. The van der Waals surface area contributed by atoms with Gasteiger partial charge in [-0.25, -0.2) is 4.98 Å². The molecule has 1 aliphatic rings. The molecule has 0 amide bonds. The SMILES string of the molecule is C[C@@H]1C[C@H](c2cccnc2)N(Cc2cncn2C)C1. The molecule has 2 aromatic rings. The van der Waals surface area contributed by atoms with Crippen molar-refractivity contribution in [3.05, 3.63) is 48.3 Å². The molecule has 0 bridgehead atoms. The highest BCUT2D eigenvalue weighted by Crippen LogP contribution is 2.35. The number of hydrogen-bond donors (Lipinski definition) is 0. The van der Waals surface area contributed by atoms with E-state index in [1.807, 2.05) is 31.0 Å². The maximum absolute atomic E-state index is 4.26. The minimum Gasteiger partial charge on any atom is -0.337 e. The smallest absolute Gasteiger partial charge is 0.0945 e. The maximum Gasteiger partial charge on any atom is 0.0945 e. The molecule has 0 radical (unpaired) electrons. The molecule has 100 valence electrons. The van der Waals surface area contributed by atoms with Gasteiger partial charge in [0.15, 0.2) is 0 Å². The molecular formula is C15H20N4. The molecule has 0 aliphatic carbocycles. The predicted molar refractivity (Wildman–Crippen MR) is 74.4 cm³/mol. The van der Waals surface area contributed by atoms with E-state index < -0.39 is 0 Å². The molecule has 0 unspecified atom stereocenters. The monoisotopic (exact) mass is 256 g/mol. The van der Waals surface area contributed by atoms with E-state index in [9.17, 15) is 0 Å². The van der Waals surface area contributed by atoms with E-state index in [1.165, 1.54) is 17.7 Å². The first kappa shape index (κ1) is 12.4. The van der Waals surface area contributed by atoms with Crippen molar-refractivity contribution >= 4 is 0 Å². The average molecular weight is 256 g/mol. The molecule has 0 aromatic carbocycles. The number of aromatic nitrogens is 3. The zero-order chi connectivity index (χ0) is 13.2. The Labute approximate surface area is 114 Å². The first-order valence-corrected chi connectivity index (χ1v) is 6.83. The van der Waals surface area contributed by atoms with Crippen LogP contribution in [0.3, 0.4) is 0 Å². The summed E-state index contributed by atoms with van der Waals surface area (Å²) >= 11 is 0. The number of rotatable bonds is 3. The summed E-state index contributed by atoms with van der Waals surface area (Å²) in [7, 11) is 2.06. The summed E-state index contributed by atoms with van der Waals surface area (Å²) in [4.78, 5) is 11.0. The number of hydrogen-bond acceptors (Lipinski definition) is 3. The molecule has 0 N–H and O–H groups in total. The van der Waals surface area contributed by atoms with Gasteiger partial charge in [-0.3, -0.25) is 9.88 Å². The second kappa shape index (κ2) is 5.13. The Balaban J connectivity index is 1.81. The third-order valence-electron chi connectivity index (χ3n) is 3.96. The van der Waals surface area contributed by atoms with E-state index in [0.717, 1.165) is 19.0 Å². The van der Waals surface area contributed by atoms with Gasteiger partial charge < -0.3 is 4.57 Å². The van der Waals surface area contributed by atoms with Crippen molar-refractivity contribution < 1.29 is 0 Å². The van der Waals surface area contributed by atoms with Crippen molar-refractivity contribution in [2.24, 2.45) is 13.0 Å². The van der Waals surface area contributed by atoms with Crippen LogP contribution in [0.5, 0.6) is 0 Å². The lowest BCUT2D eigenvalue weighted by molar-refractivity contribution is 0.240. The van der Waals surface area contributed by atoms with Gasteiger partial charge in [0, 0.05) is 44.8 Å². The highest BCUT2D eigenvalue weighted by Gasteiger charge is 2.31. The molecule has 4 heteroatoms. The normalized spacial score (nSPS) is 23.9. The van der Waals surface area contributed by atoms with Crippen molar-refractivity contribution in [1.29, 1.82) is 0 Å². The molecular weight excluding hydrogens is 236 g/mol. The summed E-state index contributed by atoms with van der Waals surface area (Å²) in [5.41, 5.74) is 2.59. The van der Waals surface area contributed by atoms with Crippen molar-refractivity contribution in [1.82, 2.24) is 19.4 Å². The molecule has 1 aliphatic heterocycles. The predicted octanol–water partition coefficient (Wildman–Crippen LogP) is 2.40. The van der Waals surface area contributed by atoms with Crippen LogP contribution in [-0.2, 0) is 13.6 Å². The molecule has 3 heterocycles. The first-order valence-electron chi connectivity index (χ1n) is 6.83. The van der Waals surface area contributed by atoms with Crippen molar-refractivity contribution in [3.8, 4) is 0 Å². The van der Waals surface area contributed by atoms with Crippen LogP contribution < -0.4 is 0 Å². The van der Waals surface area contributed by atoms with E-state index in [-0.39, 0.29) is 0 Å². The minimum atomic E-state index is 0.485. The number of pyridine rings is 1. The Morgan fingerprint density at radius 2 is 2.21 bits per heavy atom. The molecule has 3 rings (SSSR count). The van der Waals surface area contributed by atoms with Gasteiger partial charge in [-0.05, 0) is 24.0 Å². The number of aryl methyl sites for hydroxylation is 1. The largest absolute Gasteiger partial charge is 0.337 e. The summed E-state index contributed by atoms with van der Waals surface area (Å²) in [6, 6.07) is 4.70. The van der Waals surface area contributed by atoms with E-state index in [1.54, 1.807) is 0 Å². The molecule has 2 aromatic heterocycles. The zero-order valence-corrected chi connectivity index (χ0v) is 11.5.